The number of nitrogens with zero attached hydrogens (tertiary/aromatic N) is 4. The average molecular weight is 408 g/mol. The molecule has 0 bridgehead atoms. The zero-order valence-corrected chi connectivity index (χ0v) is 17.3. The second-order valence-electron chi connectivity index (χ2n) is 7.10. The lowest BCUT2D eigenvalue weighted by atomic mass is 9.91. The number of rotatable bonds is 4. The largest absolute Gasteiger partial charge is 0.368 e. The lowest BCUT2D eigenvalue weighted by Gasteiger charge is -2.42. The quantitative estimate of drug-likeness (QED) is 0.705. The van der Waals surface area contributed by atoms with Crippen molar-refractivity contribution < 1.29 is 0 Å². The van der Waals surface area contributed by atoms with Crippen LogP contribution in [0.2, 0.25) is 0 Å². The van der Waals surface area contributed by atoms with Crippen molar-refractivity contribution in [1.82, 2.24) is 19.9 Å². The number of benzene rings is 1. The second kappa shape index (κ2) is 9.40. The first kappa shape index (κ1) is 21.5. The predicted molar refractivity (Wildman–Crippen MR) is 116 cm³/mol. The Balaban J connectivity index is 0.00000131. The number of hydrogen-bond donors (Lipinski definition) is 1. The van der Waals surface area contributed by atoms with Gasteiger partial charge in [-0.3, -0.25) is 4.90 Å². The maximum absolute atomic E-state index is 4.34. The number of pyridine rings is 1. The monoisotopic (exact) mass is 407 g/mol. The van der Waals surface area contributed by atoms with Gasteiger partial charge in [-0.05, 0) is 30.5 Å². The second-order valence-corrected chi connectivity index (χ2v) is 7.10. The average Bonchev–Trinajstić information content (AvgIpc) is 3.12. The molecule has 0 amide bonds. The molecule has 1 fully saturated rings. The molecule has 3 heterocycles. The molecule has 1 saturated heterocycles. The SMILES string of the molecule is C[C@@H]1CCN(Cc2ccccc2)C[C@@H]1N(C)c1ccnc2nc[nH]c12.Cl.Cl. The van der Waals surface area contributed by atoms with Gasteiger partial charge >= 0.3 is 0 Å². The van der Waals surface area contributed by atoms with Gasteiger partial charge in [0.05, 0.1) is 12.0 Å². The molecule has 1 aliphatic heterocycles. The maximum Gasteiger partial charge on any atom is 0.179 e. The van der Waals surface area contributed by atoms with Crippen LogP contribution < -0.4 is 4.90 Å². The Morgan fingerprint density at radius 1 is 1.15 bits per heavy atom. The van der Waals surface area contributed by atoms with Gasteiger partial charge < -0.3 is 9.88 Å². The molecule has 0 aliphatic carbocycles. The van der Waals surface area contributed by atoms with E-state index in [-0.39, 0.29) is 24.8 Å². The molecule has 4 rings (SSSR count). The third-order valence-corrected chi connectivity index (χ3v) is 5.43. The van der Waals surface area contributed by atoms with Crippen molar-refractivity contribution in [3.8, 4) is 0 Å². The van der Waals surface area contributed by atoms with Crippen LogP contribution in [0.5, 0.6) is 0 Å². The highest BCUT2D eigenvalue weighted by Crippen LogP contribution is 2.29. The number of piperidine rings is 1. The van der Waals surface area contributed by atoms with E-state index in [1.165, 1.54) is 17.7 Å². The minimum absolute atomic E-state index is 0. The maximum atomic E-state index is 4.34. The highest BCUT2D eigenvalue weighted by Gasteiger charge is 2.30. The minimum atomic E-state index is 0. The molecule has 2 aromatic heterocycles. The number of aromatic nitrogens is 3. The van der Waals surface area contributed by atoms with Gasteiger partial charge in [0.1, 0.15) is 5.52 Å². The van der Waals surface area contributed by atoms with Gasteiger partial charge in [-0.2, -0.15) is 0 Å². The molecule has 2 atom stereocenters. The van der Waals surface area contributed by atoms with Crippen molar-refractivity contribution in [3.63, 3.8) is 0 Å². The summed E-state index contributed by atoms with van der Waals surface area (Å²) in [7, 11) is 2.20. The number of fused-ring (bicyclic) bond motifs is 1. The number of anilines is 1. The molecule has 0 radical (unpaired) electrons. The molecule has 1 aromatic carbocycles. The van der Waals surface area contributed by atoms with Crippen LogP contribution >= 0.6 is 24.8 Å². The van der Waals surface area contributed by atoms with Crippen LogP contribution in [0.25, 0.3) is 11.2 Å². The first-order valence-corrected chi connectivity index (χ1v) is 8.99. The molecule has 1 aliphatic rings. The molecule has 0 saturated carbocycles. The summed E-state index contributed by atoms with van der Waals surface area (Å²) in [6, 6.07) is 13.3. The van der Waals surface area contributed by atoms with E-state index in [9.17, 15) is 0 Å². The number of likely N-dealkylation sites (N-methyl/N-ethyl adjacent to an activating group) is 1. The van der Waals surface area contributed by atoms with Crippen molar-refractivity contribution in [2.24, 2.45) is 5.92 Å². The Morgan fingerprint density at radius 2 is 1.93 bits per heavy atom. The highest BCUT2D eigenvalue weighted by atomic mass is 35.5. The predicted octanol–water partition coefficient (Wildman–Crippen LogP) is 4.15. The molecule has 0 spiro atoms. The topological polar surface area (TPSA) is 48.1 Å². The van der Waals surface area contributed by atoms with Crippen LogP contribution in [0.4, 0.5) is 5.69 Å². The van der Waals surface area contributed by atoms with E-state index in [1.54, 1.807) is 6.33 Å². The molecule has 0 unspecified atom stereocenters. The summed E-state index contributed by atoms with van der Waals surface area (Å²) in [6.45, 7) is 5.63. The van der Waals surface area contributed by atoms with Crippen LogP contribution in [0.15, 0.2) is 48.9 Å². The van der Waals surface area contributed by atoms with Crippen LogP contribution in [0, 0.1) is 5.92 Å². The third kappa shape index (κ3) is 4.54. The molecule has 7 heteroatoms. The standard InChI is InChI=1S/C20H25N5.2ClH/c1-15-9-11-25(12-16-6-4-3-5-7-16)13-18(15)24(2)17-8-10-21-20-19(17)22-14-23-20;;/h3-8,10,14-15,18H,9,11-13H2,1-2H3,(H,21,22,23);2*1H/t15-,18+;;/m1../s1. The fourth-order valence-electron chi connectivity index (χ4n) is 3.91. The Morgan fingerprint density at radius 3 is 2.70 bits per heavy atom. The molecule has 27 heavy (non-hydrogen) atoms. The minimum Gasteiger partial charge on any atom is -0.368 e. The number of H-pyrrole nitrogens is 1. The molecular formula is C20H27Cl2N5. The molecular weight excluding hydrogens is 381 g/mol. The van der Waals surface area contributed by atoms with Gasteiger partial charge in [0.25, 0.3) is 0 Å². The van der Waals surface area contributed by atoms with Crippen LogP contribution in [-0.2, 0) is 6.54 Å². The van der Waals surface area contributed by atoms with Crippen molar-refractivity contribution in [2.45, 2.75) is 25.9 Å². The summed E-state index contributed by atoms with van der Waals surface area (Å²) in [5.74, 6) is 0.656. The number of likely N-dealkylation sites (tertiary alicyclic amines) is 1. The van der Waals surface area contributed by atoms with Gasteiger partial charge in [0, 0.05) is 32.4 Å². The van der Waals surface area contributed by atoms with E-state index >= 15 is 0 Å². The first-order chi connectivity index (χ1) is 12.2. The fraction of sp³-hybridized carbons (Fsp3) is 0.400. The van der Waals surface area contributed by atoms with Gasteiger partial charge in [-0.25, -0.2) is 9.97 Å². The number of aromatic amines is 1. The highest BCUT2D eigenvalue weighted by molar-refractivity contribution is 5.86. The lowest BCUT2D eigenvalue weighted by molar-refractivity contribution is 0.159. The van der Waals surface area contributed by atoms with Crippen molar-refractivity contribution >= 4 is 41.7 Å². The number of hydrogen-bond acceptors (Lipinski definition) is 4. The van der Waals surface area contributed by atoms with Crippen LogP contribution in [-0.4, -0.2) is 46.0 Å². The Hall–Kier alpha value is -1.82. The third-order valence-electron chi connectivity index (χ3n) is 5.43. The van der Waals surface area contributed by atoms with E-state index in [2.05, 4.69) is 75.1 Å². The summed E-state index contributed by atoms with van der Waals surface area (Å²) in [5.41, 5.74) is 4.38. The molecule has 146 valence electrons. The van der Waals surface area contributed by atoms with E-state index in [0.717, 1.165) is 30.8 Å². The summed E-state index contributed by atoms with van der Waals surface area (Å²) in [5, 5.41) is 0. The zero-order valence-electron chi connectivity index (χ0n) is 15.7. The molecule has 1 N–H and O–H groups in total. The molecule has 3 aromatic rings. The first-order valence-electron chi connectivity index (χ1n) is 8.99. The Bertz CT molecular complexity index is 839. The Kier molecular flexibility index (Phi) is 7.48. The summed E-state index contributed by atoms with van der Waals surface area (Å²) in [4.78, 5) is 16.9. The molecule has 5 nitrogen and oxygen atoms in total. The normalized spacial score (nSPS) is 19.9. The fourth-order valence-corrected chi connectivity index (χ4v) is 3.91. The van der Waals surface area contributed by atoms with Crippen LogP contribution in [0.1, 0.15) is 18.9 Å². The van der Waals surface area contributed by atoms with Gasteiger partial charge in [0.15, 0.2) is 5.65 Å². The van der Waals surface area contributed by atoms with E-state index in [4.69, 9.17) is 0 Å². The van der Waals surface area contributed by atoms with E-state index < -0.39 is 0 Å². The van der Waals surface area contributed by atoms with Crippen molar-refractivity contribution in [2.75, 3.05) is 25.0 Å². The van der Waals surface area contributed by atoms with Crippen molar-refractivity contribution in [1.29, 1.82) is 0 Å². The van der Waals surface area contributed by atoms with E-state index in [1.807, 2.05) is 6.20 Å². The van der Waals surface area contributed by atoms with Crippen LogP contribution in [0.3, 0.4) is 0 Å². The summed E-state index contributed by atoms with van der Waals surface area (Å²) < 4.78 is 0. The number of nitrogens with one attached hydrogen (secondary N) is 1. The number of halogens is 2. The van der Waals surface area contributed by atoms with Gasteiger partial charge in [-0.15, -0.1) is 24.8 Å². The zero-order chi connectivity index (χ0) is 17.2. The van der Waals surface area contributed by atoms with Gasteiger partial charge in [0.2, 0.25) is 0 Å². The Labute approximate surface area is 173 Å². The van der Waals surface area contributed by atoms with E-state index in [0.29, 0.717) is 12.0 Å². The lowest BCUT2D eigenvalue weighted by Crippen LogP contribution is -2.50. The van der Waals surface area contributed by atoms with Crippen molar-refractivity contribution in [3.05, 3.63) is 54.5 Å². The smallest absolute Gasteiger partial charge is 0.179 e. The van der Waals surface area contributed by atoms with Gasteiger partial charge in [-0.1, -0.05) is 37.3 Å². The summed E-state index contributed by atoms with van der Waals surface area (Å²) >= 11 is 0. The number of imidazole rings is 1. The summed E-state index contributed by atoms with van der Waals surface area (Å²) in [6.07, 6.45) is 4.80.